The Morgan fingerprint density at radius 2 is 1.76 bits per heavy atom. The number of anilines is 1. The minimum Gasteiger partial charge on any atom is -0.509 e. The zero-order chi connectivity index (χ0) is 17.4. The number of hydrogen-bond donors (Lipinski definition) is 3. The second-order valence-corrected chi connectivity index (χ2v) is 7.52. The van der Waals surface area contributed by atoms with Gasteiger partial charge in [0.2, 0.25) is 0 Å². The molecule has 25 heavy (non-hydrogen) atoms. The smallest absolute Gasteiger partial charge is 0.264 e. The fourth-order valence-electron chi connectivity index (χ4n) is 4.26. The van der Waals surface area contributed by atoms with Gasteiger partial charge in [0.1, 0.15) is 11.3 Å². The summed E-state index contributed by atoms with van der Waals surface area (Å²) in [6.07, 6.45) is 8.69. The van der Waals surface area contributed by atoms with Crippen molar-refractivity contribution in [2.45, 2.75) is 62.8 Å². The first-order valence-corrected chi connectivity index (χ1v) is 9.27. The summed E-state index contributed by atoms with van der Waals surface area (Å²) in [4.78, 5) is 24.6. The van der Waals surface area contributed by atoms with Crippen LogP contribution in [0.3, 0.4) is 0 Å². The third kappa shape index (κ3) is 2.81. The minimum absolute atomic E-state index is 0.0972. The topological polar surface area (TPSA) is 78.4 Å². The molecule has 1 aromatic rings. The summed E-state index contributed by atoms with van der Waals surface area (Å²) < 4.78 is 0. The van der Waals surface area contributed by atoms with E-state index in [2.05, 4.69) is 22.8 Å². The van der Waals surface area contributed by atoms with Crippen LogP contribution in [0.2, 0.25) is 0 Å². The van der Waals surface area contributed by atoms with Gasteiger partial charge >= 0.3 is 0 Å². The number of carbonyl (C=O) groups excluding carboxylic acids is 2. The lowest BCUT2D eigenvalue weighted by molar-refractivity contribution is -0.121. The Bertz CT molecular complexity index is 726. The lowest BCUT2D eigenvalue weighted by Crippen LogP contribution is -2.50. The molecule has 0 saturated heterocycles. The van der Waals surface area contributed by atoms with E-state index in [-0.39, 0.29) is 11.3 Å². The lowest BCUT2D eigenvalue weighted by atomic mass is 9.76. The number of aliphatic hydroxyl groups is 1. The van der Waals surface area contributed by atoms with E-state index in [0.29, 0.717) is 24.4 Å². The average molecular weight is 340 g/mol. The van der Waals surface area contributed by atoms with E-state index in [9.17, 15) is 14.7 Å². The molecule has 3 N–H and O–H groups in total. The van der Waals surface area contributed by atoms with Crippen molar-refractivity contribution < 1.29 is 14.7 Å². The highest BCUT2D eigenvalue weighted by atomic mass is 16.3. The van der Waals surface area contributed by atoms with Crippen LogP contribution in [0.4, 0.5) is 5.69 Å². The minimum atomic E-state index is -0.686. The van der Waals surface area contributed by atoms with Crippen LogP contribution in [0.15, 0.2) is 35.6 Å². The van der Waals surface area contributed by atoms with Gasteiger partial charge in [-0.05, 0) is 55.7 Å². The van der Waals surface area contributed by atoms with Gasteiger partial charge in [-0.25, -0.2) is 0 Å². The van der Waals surface area contributed by atoms with Crippen molar-refractivity contribution in [2.75, 3.05) is 5.32 Å². The molecule has 5 heteroatoms. The van der Waals surface area contributed by atoms with E-state index >= 15 is 0 Å². The Kier molecular flexibility index (Phi) is 4.02. The van der Waals surface area contributed by atoms with Gasteiger partial charge in [0.15, 0.2) is 0 Å². The van der Waals surface area contributed by atoms with Crippen LogP contribution in [-0.2, 0) is 9.59 Å². The fourth-order valence-corrected chi connectivity index (χ4v) is 4.26. The van der Waals surface area contributed by atoms with Gasteiger partial charge in [-0.2, -0.15) is 0 Å². The molecule has 1 heterocycles. The molecule has 0 bridgehead atoms. The molecule has 3 aliphatic rings. The molecule has 1 aromatic carbocycles. The summed E-state index contributed by atoms with van der Waals surface area (Å²) in [5.74, 6) is -0.498. The molecular weight excluding hydrogens is 316 g/mol. The van der Waals surface area contributed by atoms with Crippen LogP contribution in [0.25, 0.3) is 0 Å². The zero-order valence-electron chi connectivity index (χ0n) is 14.3. The first-order valence-electron chi connectivity index (χ1n) is 9.27. The second-order valence-electron chi connectivity index (χ2n) is 7.52. The third-order valence-electron chi connectivity index (χ3n) is 5.95. The van der Waals surface area contributed by atoms with E-state index in [1.165, 1.54) is 37.7 Å². The summed E-state index contributed by atoms with van der Waals surface area (Å²) in [5.41, 5.74) is 1.13. The van der Waals surface area contributed by atoms with Crippen LogP contribution in [0.5, 0.6) is 0 Å². The lowest BCUT2D eigenvalue weighted by Gasteiger charge is -2.37. The summed E-state index contributed by atoms with van der Waals surface area (Å²) in [7, 11) is 0. The van der Waals surface area contributed by atoms with Gasteiger partial charge in [-0.1, -0.05) is 31.4 Å². The zero-order valence-corrected chi connectivity index (χ0v) is 14.3. The molecule has 0 atom stereocenters. The Balaban J connectivity index is 1.46. The fraction of sp³-hybridized carbons (Fsp3) is 0.500. The number of hydrogen-bond acceptors (Lipinski definition) is 3. The first-order chi connectivity index (χ1) is 12.1. The molecule has 0 aromatic heterocycles. The van der Waals surface area contributed by atoms with Gasteiger partial charge in [0.05, 0.1) is 5.54 Å². The van der Waals surface area contributed by atoms with Crippen LogP contribution in [0, 0.1) is 0 Å². The van der Waals surface area contributed by atoms with Gasteiger partial charge in [0, 0.05) is 5.69 Å². The summed E-state index contributed by atoms with van der Waals surface area (Å²) >= 11 is 0. The Morgan fingerprint density at radius 3 is 2.32 bits per heavy atom. The molecule has 0 unspecified atom stereocenters. The maximum atomic E-state index is 12.5. The van der Waals surface area contributed by atoms with Crippen molar-refractivity contribution in [3.05, 3.63) is 41.2 Å². The number of amides is 2. The predicted molar refractivity (Wildman–Crippen MR) is 95.3 cm³/mol. The van der Waals surface area contributed by atoms with Crippen LogP contribution >= 0.6 is 0 Å². The van der Waals surface area contributed by atoms with Crippen LogP contribution in [0.1, 0.15) is 62.8 Å². The maximum Gasteiger partial charge on any atom is 0.264 e. The van der Waals surface area contributed by atoms with E-state index in [1.54, 1.807) is 0 Å². The molecule has 1 aliphatic heterocycles. The predicted octanol–water partition coefficient (Wildman–Crippen LogP) is 3.54. The molecule has 1 spiro atoms. The quantitative estimate of drug-likeness (QED) is 0.737. The Morgan fingerprint density at radius 1 is 1.08 bits per heavy atom. The average Bonchev–Trinajstić information content (AvgIpc) is 2.87. The highest BCUT2D eigenvalue weighted by Crippen LogP contribution is 2.42. The van der Waals surface area contributed by atoms with Crippen molar-refractivity contribution >= 4 is 17.5 Å². The molecule has 4 rings (SSSR count). The number of nitrogens with one attached hydrogen (secondary N) is 2. The molecule has 2 fully saturated rings. The van der Waals surface area contributed by atoms with E-state index < -0.39 is 17.4 Å². The molecule has 2 saturated carbocycles. The van der Waals surface area contributed by atoms with Gasteiger partial charge in [-0.3, -0.25) is 9.59 Å². The van der Waals surface area contributed by atoms with Crippen LogP contribution in [-0.4, -0.2) is 22.5 Å². The number of benzene rings is 1. The molecule has 0 radical (unpaired) electrons. The van der Waals surface area contributed by atoms with Gasteiger partial charge in [-0.15, -0.1) is 0 Å². The standard InChI is InChI=1S/C20H24N2O3/c23-17-16(19(25)22-20(17)11-4-12-20)18(24)21-15-9-7-14(8-10-15)13-5-2-1-3-6-13/h7-10,13,23H,1-6,11-12H2,(H,21,24)(H,22,25). The molecule has 2 amide bonds. The highest BCUT2D eigenvalue weighted by molar-refractivity contribution is 6.25. The largest absolute Gasteiger partial charge is 0.509 e. The van der Waals surface area contributed by atoms with E-state index in [0.717, 1.165) is 6.42 Å². The van der Waals surface area contributed by atoms with Crippen molar-refractivity contribution in [1.29, 1.82) is 0 Å². The number of carbonyl (C=O) groups is 2. The van der Waals surface area contributed by atoms with E-state index in [1.807, 2.05) is 12.1 Å². The Labute approximate surface area is 147 Å². The highest BCUT2D eigenvalue weighted by Gasteiger charge is 2.51. The molecule has 132 valence electrons. The normalized spacial score (nSPS) is 22.6. The van der Waals surface area contributed by atoms with Crippen molar-refractivity contribution in [3.8, 4) is 0 Å². The summed E-state index contributed by atoms with van der Waals surface area (Å²) in [6, 6.07) is 7.88. The summed E-state index contributed by atoms with van der Waals surface area (Å²) in [6.45, 7) is 0. The van der Waals surface area contributed by atoms with Gasteiger partial charge < -0.3 is 15.7 Å². The van der Waals surface area contributed by atoms with E-state index in [4.69, 9.17) is 0 Å². The maximum absolute atomic E-state index is 12.5. The van der Waals surface area contributed by atoms with Crippen LogP contribution < -0.4 is 10.6 Å². The molecule has 2 aliphatic carbocycles. The van der Waals surface area contributed by atoms with Crippen molar-refractivity contribution in [1.82, 2.24) is 5.32 Å². The third-order valence-corrected chi connectivity index (χ3v) is 5.95. The Hall–Kier alpha value is -2.30. The number of aliphatic hydroxyl groups excluding tert-OH is 1. The van der Waals surface area contributed by atoms with Crippen molar-refractivity contribution in [3.63, 3.8) is 0 Å². The monoisotopic (exact) mass is 340 g/mol. The SMILES string of the molecule is O=C(Nc1ccc(C2CCCCC2)cc1)C1=C(O)C2(CCC2)NC1=O. The van der Waals surface area contributed by atoms with Crippen molar-refractivity contribution in [2.24, 2.45) is 0 Å². The molecular formula is C20H24N2O3. The van der Waals surface area contributed by atoms with Gasteiger partial charge in [0.25, 0.3) is 11.8 Å². The molecule has 5 nitrogen and oxygen atoms in total. The second kappa shape index (κ2) is 6.21. The summed E-state index contributed by atoms with van der Waals surface area (Å²) in [5, 5.41) is 15.8. The number of rotatable bonds is 3. The first kappa shape index (κ1) is 16.2.